The monoisotopic (exact) mass is 1030 g/mol. The van der Waals surface area contributed by atoms with Gasteiger partial charge in [0.1, 0.15) is 42.3 Å². The molecule has 7 rings (SSSR count). The maximum Gasteiger partial charge on any atom is 0.305 e. The van der Waals surface area contributed by atoms with E-state index < -0.39 is 102 Å². The molecule has 21 heteroatoms. The number of unbranched alkanes of at least 4 members (excludes halogenated alkanes) is 1. The molecule has 3 unspecified atom stereocenters. The van der Waals surface area contributed by atoms with Crippen molar-refractivity contribution in [1.29, 1.82) is 0 Å². The van der Waals surface area contributed by atoms with E-state index in [-0.39, 0.29) is 64.0 Å². The molecule has 402 valence electrons. The quantitative estimate of drug-likeness (QED) is 0.113. The molecule has 0 spiro atoms. The van der Waals surface area contributed by atoms with E-state index in [2.05, 4.69) is 41.5 Å². The van der Waals surface area contributed by atoms with Crippen LogP contribution in [-0.4, -0.2) is 138 Å². The molecule has 3 aromatic rings. The topological polar surface area (TPSA) is 311 Å². The summed E-state index contributed by atoms with van der Waals surface area (Å²) in [5, 5.41) is 25.4. The fourth-order valence-electron chi connectivity index (χ4n) is 11.9. The van der Waals surface area contributed by atoms with Gasteiger partial charge in [-0.1, -0.05) is 70.1 Å². The van der Waals surface area contributed by atoms with Crippen molar-refractivity contribution in [2.45, 2.75) is 178 Å². The van der Waals surface area contributed by atoms with Gasteiger partial charge in [0.05, 0.1) is 12.7 Å². The van der Waals surface area contributed by atoms with Crippen LogP contribution in [0.1, 0.15) is 134 Å². The van der Waals surface area contributed by atoms with Crippen LogP contribution in [-0.2, 0) is 56.0 Å². The number of hydrogen-bond donors (Lipinski definition) is 9. The number of nitrogens with two attached hydrogens (primary N) is 1. The van der Waals surface area contributed by atoms with E-state index in [4.69, 9.17) is 5.73 Å². The van der Waals surface area contributed by atoms with Gasteiger partial charge in [-0.2, -0.15) is 0 Å². The summed E-state index contributed by atoms with van der Waals surface area (Å²) in [5.74, 6) is -6.35. The van der Waals surface area contributed by atoms with Gasteiger partial charge >= 0.3 is 5.97 Å². The van der Waals surface area contributed by atoms with Gasteiger partial charge < -0.3 is 57.2 Å². The lowest BCUT2D eigenvalue weighted by Crippen LogP contribution is -2.64. The van der Waals surface area contributed by atoms with Gasteiger partial charge in [0.25, 0.3) is 0 Å². The number of nitrogens with one attached hydrogen (secondary N) is 7. The number of carboxylic acids is 1. The highest BCUT2D eigenvalue weighted by Crippen LogP contribution is 2.44. The number of H-pyrrole nitrogens is 2. The van der Waals surface area contributed by atoms with Gasteiger partial charge in [-0.15, -0.1) is 0 Å². The summed E-state index contributed by atoms with van der Waals surface area (Å²) in [6.07, 6.45) is 13.1. The summed E-state index contributed by atoms with van der Waals surface area (Å²) >= 11 is 0. The van der Waals surface area contributed by atoms with Crippen LogP contribution >= 0.6 is 0 Å². The Bertz CT molecular complexity index is 2480. The van der Waals surface area contributed by atoms with E-state index >= 15 is 4.79 Å². The zero-order valence-corrected chi connectivity index (χ0v) is 42.7. The lowest BCUT2D eigenvalue weighted by Gasteiger charge is -2.40. The molecule has 2 saturated heterocycles. The van der Waals surface area contributed by atoms with Crippen LogP contribution in [0.15, 0.2) is 43.0 Å². The number of aliphatic carboxylic acids is 1. The first-order chi connectivity index (χ1) is 35.6. The number of rotatable bonds is 14. The maximum absolute atomic E-state index is 15.2. The van der Waals surface area contributed by atoms with Crippen molar-refractivity contribution < 1.29 is 48.3 Å². The lowest BCUT2D eigenvalue weighted by molar-refractivity contribution is -0.154. The van der Waals surface area contributed by atoms with E-state index in [1.54, 1.807) is 6.20 Å². The Balaban J connectivity index is 1.29. The second-order valence-electron chi connectivity index (χ2n) is 20.9. The van der Waals surface area contributed by atoms with Crippen LogP contribution in [0.5, 0.6) is 0 Å². The summed E-state index contributed by atoms with van der Waals surface area (Å²) in [6.45, 7) is 3.34. The predicted molar refractivity (Wildman–Crippen MR) is 272 cm³/mol. The standard InChI is InChI=1S/C53H75N11O10/c1-3-4-15-39(59-31(2)65)53(74)64-43(47(54)68)17-9-10-21-56-48(69)40(25-35-28-57-38-16-8-7-14-37(35)38)60-50(71)44-18-11-22-63(44)52(73)42(24-32-19-20-33-12-5-6-13-34(33)23-32)62-49(70)41(26-36-29-55-30-58-36)61-51(72)45(64)27-46(66)67/h7-8,14,16,28-30,32-34,39-45,57H,3-6,9-13,15,17-27H2,1-2H3,(H2,54,68)(H,55,58)(H,56,69)(H,59,65)(H,60,71)(H,61,72)(H,62,70)(H,66,67)/t32?,33?,34?,39-,40-,41-,42+,43-,44-,45-/m0/s1. The van der Waals surface area contributed by atoms with Gasteiger partial charge in [0.15, 0.2) is 0 Å². The molecule has 10 atom stereocenters. The predicted octanol–water partition coefficient (Wildman–Crippen LogP) is 2.64. The number of carbonyl (C=O) groups excluding carboxylic acids is 8. The highest BCUT2D eigenvalue weighted by Gasteiger charge is 2.45. The Kier molecular flexibility index (Phi) is 19.3. The number of fused-ring (bicyclic) bond motifs is 3. The zero-order valence-electron chi connectivity index (χ0n) is 42.7. The Morgan fingerprint density at radius 1 is 0.824 bits per heavy atom. The fraction of sp³-hybridized carbons (Fsp3) is 0.623. The van der Waals surface area contributed by atoms with Crippen molar-refractivity contribution in [3.63, 3.8) is 0 Å². The third-order valence-corrected chi connectivity index (χ3v) is 15.7. The smallest absolute Gasteiger partial charge is 0.305 e. The fourth-order valence-corrected chi connectivity index (χ4v) is 11.9. The van der Waals surface area contributed by atoms with Crippen molar-refractivity contribution in [1.82, 2.24) is 51.3 Å². The normalized spacial score (nSPS) is 27.3. The maximum atomic E-state index is 15.2. The molecule has 2 aromatic heterocycles. The van der Waals surface area contributed by atoms with Crippen molar-refractivity contribution in [2.24, 2.45) is 23.5 Å². The minimum atomic E-state index is -1.93. The van der Waals surface area contributed by atoms with Crippen LogP contribution in [0.2, 0.25) is 0 Å². The van der Waals surface area contributed by atoms with E-state index in [1.165, 1.54) is 30.8 Å². The molecule has 21 nitrogen and oxygen atoms in total. The van der Waals surface area contributed by atoms with Gasteiger partial charge in [0.2, 0.25) is 47.3 Å². The van der Waals surface area contributed by atoms with E-state index in [0.29, 0.717) is 43.2 Å². The Morgan fingerprint density at radius 2 is 1.55 bits per heavy atom. The molecule has 74 heavy (non-hydrogen) atoms. The summed E-state index contributed by atoms with van der Waals surface area (Å²) in [4.78, 5) is 140. The van der Waals surface area contributed by atoms with Crippen molar-refractivity contribution in [2.75, 3.05) is 13.1 Å². The van der Waals surface area contributed by atoms with E-state index in [0.717, 1.165) is 59.9 Å². The Morgan fingerprint density at radius 3 is 2.28 bits per heavy atom. The molecular weight excluding hydrogens is 951 g/mol. The number of aromatic nitrogens is 3. The SMILES string of the molecule is CCCC[C@H](NC(C)=O)C(=O)N1[C@H](C(N)=O)CCCCNC(=O)[C@H](Cc2c[nH]c3ccccc23)NC(=O)[C@@H]2CCCN2C(=O)[C@@H](CC2CCC3CCCCC3C2)NC(=O)[C@H](Cc2cnc[nH]2)NC(=O)[C@@H]1CC(=O)O. The molecule has 4 fully saturated rings. The Hall–Kier alpha value is -6.80. The zero-order chi connectivity index (χ0) is 52.9. The number of primary amides is 1. The minimum absolute atomic E-state index is 0.0458. The first kappa shape index (κ1) is 55.0. The highest BCUT2D eigenvalue weighted by molar-refractivity contribution is 6.00. The summed E-state index contributed by atoms with van der Waals surface area (Å²) < 4.78 is 0. The molecule has 2 aliphatic heterocycles. The Labute approximate surface area is 431 Å². The van der Waals surface area contributed by atoms with Gasteiger partial charge in [-0.25, -0.2) is 4.98 Å². The van der Waals surface area contributed by atoms with E-state index in [9.17, 15) is 43.5 Å². The third kappa shape index (κ3) is 14.1. The average Bonchev–Trinajstić information content (AvgIpc) is 4.18. The highest BCUT2D eigenvalue weighted by atomic mass is 16.4. The largest absolute Gasteiger partial charge is 0.481 e. The molecule has 0 bridgehead atoms. The van der Waals surface area contributed by atoms with Gasteiger partial charge in [-0.3, -0.25) is 43.2 Å². The average molecular weight is 1030 g/mol. The molecule has 1 aromatic carbocycles. The number of carbonyl (C=O) groups is 9. The van der Waals surface area contributed by atoms with Crippen molar-refractivity contribution >= 4 is 64.1 Å². The second-order valence-corrected chi connectivity index (χ2v) is 20.9. The molecule has 4 heterocycles. The number of hydrogen-bond acceptors (Lipinski definition) is 10. The van der Waals surface area contributed by atoms with Crippen LogP contribution < -0.4 is 32.3 Å². The third-order valence-electron chi connectivity index (χ3n) is 15.7. The molecule has 8 amide bonds. The molecule has 2 aliphatic carbocycles. The molecule has 2 saturated carbocycles. The van der Waals surface area contributed by atoms with Crippen LogP contribution in [0.25, 0.3) is 10.9 Å². The molecular formula is C53H75N11O10. The number of nitrogens with zero attached hydrogens (tertiary/aromatic N) is 3. The molecule has 4 aliphatic rings. The number of aromatic amines is 2. The van der Waals surface area contributed by atoms with Crippen LogP contribution in [0.4, 0.5) is 0 Å². The molecule has 0 radical (unpaired) electrons. The van der Waals surface area contributed by atoms with Gasteiger partial charge in [0, 0.05) is 61.8 Å². The first-order valence-electron chi connectivity index (χ1n) is 26.7. The summed E-state index contributed by atoms with van der Waals surface area (Å²) in [7, 11) is 0. The number of amides is 8. The summed E-state index contributed by atoms with van der Waals surface area (Å²) in [5.41, 5.74) is 8.07. The number of para-hydroxylation sites is 1. The first-order valence-corrected chi connectivity index (χ1v) is 26.7. The number of carboxylic acid groups (broad SMARTS) is 1. The van der Waals surface area contributed by atoms with E-state index in [1.807, 2.05) is 31.2 Å². The summed E-state index contributed by atoms with van der Waals surface area (Å²) in [6, 6.07) is -1.95. The van der Waals surface area contributed by atoms with Gasteiger partial charge in [-0.05, 0) is 87.2 Å². The van der Waals surface area contributed by atoms with Crippen LogP contribution in [0.3, 0.4) is 0 Å². The minimum Gasteiger partial charge on any atom is -0.481 e. The molecule has 10 N–H and O–H groups in total. The van der Waals surface area contributed by atoms with Crippen molar-refractivity contribution in [3.8, 4) is 0 Å². The lowest BCUT2D eigenvalue weighted by atomic mass is 9.66. The number of imidazole rings is 1. The number of benzene rings is 1. The second kappa shape index (κ2) is 25.9. The van der Waals surface area contributed by atoms with Crippen molar-refractivity contribution in [3.05, 3.63) is 54.2 Å². The van der Waals surface area contributed by atoms with Crippen LogP contribution in [0, 0.1) is 17.8 Å².